The highest BCUT2D eigenvalue weighted by Gasteiger charge is 2.46. The SMILES string of the molecule is CCCCCCOc1ccc(C2C(C(=O)c3sc(C)nc3C)=C(O)C(=O)N2c2nnc(SCc3ccc(F)cc3)s2)cc1. The van der Waals surface area contributed by atoms with Crippen molar-refractivity contribution in [2.45, 2.75) is 62.6 Å². The summed E-state index contributed by atoms with van der Waals surface area (Å²) in [6.07, 6.45) is 4.38. The molecule has 2 aromatic carbocycles. The molecule has 8 nitrogen and oxygen atoms in total. The molecule has 1 atom stereocenters. The van der Waals surface area contributed by atoms with Crippen molar-refractivity contribution < 1.29 is 23.8 Å². The zero-order valence-electron chi connectivity index (χ0n) is 24.0. The van der Waals surface area contributed by atoms with E-state index in [2.05, 4.69) is 22.1 Å². The van der Waals surface area contributed by atoms with E-state index in [0.29, 0.717) is 43.6 Å². The van der Waals surface area contributed by atoms with Crippen LogP contribution < -0.4 is 9.64 Å². The van der Waals surface area contributed by atoms with Crippen LogP contribution >= 0.6 is 34.4 Å². The number of carbonyl (C=O) groups excluding carboxylic acids is 2. The summed E-state index contributed by atoms with van der Waals surface area (Å²) in [6.45, 7) is 6.30. The molecule has 5 rings (SSSR count). The van der Waals surface area contributed by atoms with Gasteiger partial charge in [0.25, 0.3) is 5.91 Å². The minimum atomic E-state index is -0.927. The number of aromatic nitrogens is 3. The molecule has 3 heterocycles. The van der Waals surface area contributed by atoms with Crippen molar-refractivity contribution in [3.8, 4) is 5.75 Å². The number of ether oxygens (including phenoxy) is 1. The van der Waals surface area contributed by atoms with Crippen LogP contribution in [0.3, 0.4) is 0 Å². The minimum absolute atomic E-state index is 0.0271. The van der Waals surface area contributed by atoms with E-state index in [9.17, 15) is 19.1 Å². The van der Waals surface area contributed by atoms with Gasteiger partial charge in [0.1, 0.15) is 11.6 Å². The number of anilines is 1. The molecule has 0 saturated carbocycles. The first kappa shape index (κ1) is 30.8. The number of halogens is 1. The monoisotopic (exact) mass is 638 g/mol. The molecule has 12 heteroatoms. The summed E-state index contributed by atoms with van der Waals surface area (Å²) < 4.78 is 19.8. The number of aryl methyl sites for hydroxylation is 2. The number of aliphatic hydroxyl groups is 1. The molecule has 0 saturated heterocycles. The van der Waals surface area contributed by atoms with Crippen LogP contribution in [-0.2, 0) is 10.5 Å². The normalized spacial score (nSPS) is 15.0. The maximum atomic E-state index is 13.9. The number of nitrogens with zero attached hydrogens (tertiary/aromatic N) is 4. The highest BCUT2D eigenvalue weighted by atomic mass is 32.2. The van der Waals surface area contributed by atoms with E-state index in [4.69, 9.17) is 4.74 Å². The third kappa shape index (κ3) is 6.97. The maximum Gasteiger partial charge on any atom is 0.296 e. The summed E-state index contributed by atoms with van der Waals surface area (Å²) in [7, 11) is 0. The number of rotatable bonds is 13. The van der Waals surface area contributed by atoms with Gasteiger partial charge in [0.15, 0.2) is 10.1 Å². The fourth-order valence-electron chi connectivity index (χ4n) is 4.76. The van der Waals surface area contributed by atoms with E-state index in [-0.39, 0.29) is 16.5 Å². The zero-order chi connectivity index (χ0) is 30.5. The standard InChI is InChI=1S/C31H31FN4O4S3/c1-4-5-6-7-16-40-23-14-10-21(11-15-23)25-24(26(37)28-18(2)33-19(3)42-28)27(38)29(39)36(25)30-34-35-31(43-30)41-17-20-8-12-22(32)13-9-20/h8-15,25,38H,4-7,16-17H2,1-3H3. The lowest BCUT2D eigenvalue weighted by Crippen LogP contribution is -2.31. The fourth-order valence-corrected chi connectivity index (χ4v) is 7.46. The van der Waals surface area contributed by atoms with E-state index in [1.807, 2.05) is 0 Å². The fraction of sp³-hybridized carbons (Fsp3) is 0.323. The maximum absolute atomic E-state index is 13.9. The second kappa shape index (κ2) is 13.8. The largest absolute Gasteiger partial charge is 0.503 e. The van der Waals surface area contributed by atoms with Gasteiger partial charge in [0.2, 0.25) is 10.9 Å². The number of ketones is 1. The van der Waals surface area contributed by atoms with Gasteiger partial charge in [0.05, 0.1) is 33.8 Å². The highest BCUT2D eigenvalue weighted by Crippen LogP contribution is 2.44. The number of unbranched alkanes of at least 4 members (excludes halogenated alkanes) is 3. The average molecular weight is 639 g/mol. The molecule has 0 radical (unpaired) electrons. The molecule has 1 aliphatic heterocycles. The molecule has 1 amide bonds. The quantitative estimate of drug-likeness (QED) is 0.0685. The molecule has 224 valence electrons. The Morgan fingerprint density at radius 3 is 2.47 bits per heavy atom. The molecule has 1 N–H and O–H groups in total. The van der Waals surface area contributed by atoms with Gasteiger partial charge >= 0.3 is 0 Å². The minimum Gasteiger partial charge on any atom is -0.503 e. The van der Waals surface area contributed by atoms with Crippen LogP contribution in [0.1, 0.15) is 70.1 Å². The van der Waals surface area contributed by atoms with Crippen LogP contribution in [0.15, 0.2) is 64.2 Å². The highest BCUT2D eigenvalue weighted by molar-refractivity contribution is 8.00. The Morgan fingerprint density at radius 2 is 1.79 bits per heavy atom. The first-order valence-corrected chi connectivity index (χ1v) is 16.6. The average Bonchev–Trinajstić information content (AvgIpc) is 3.68. The third-order valence-electron chi connectivity index (χ3n) is 6.90. The Kier molecular flexibility index (Phi) is 9.89. The number of hydrogen-bond donors (Lipinski definition) is 1. The summed E-state index contributed by atoms with van der Waals surface area (Å²) in [5, 5.41) is 20.6. The number of thiazole rings is 1. The predicted octanol–water partition coefficient (Wildman–Crippen LogP) is 7.78. The van der Waals surface area contributed by atoms with Gasteiger partial charge in [0, 0.05) is 5.75 Å². The summed E-state index contributed by atoms with van der Waals surface area (Å²) in [5.74, 6) is -0.890. The molecule has 1 aliphatic rings. The Morgan fingerprint density at radius 1 is 1.05 bits per heavy atom. The van der Waals surface area contributed by atoms with Gasteiger partial charge in [-0.15, -0.1) is 21.5 Å². The van der Waals surface area contributed by atoms with Crippen molar-refractivity contribution in [3.63, 3.8) is 0 Å². The topological polar surface area (TPSA) is 106 Å². The smallest absolute Gasteiger partial charge is 0.296 e. The van der Waals surface area contributed by atoms with E-state index >= 15 is 0 Å². The van der Waals surface area contributed by atoms with Gasteiger partial charge < -0.3 is 9.84 Å². The second-order valence-corrected chi connectivity index (χ2v) is 13.4. The number of carbonyl (C=O) groups is 2. The predicted molar refractivity (Wildman–Crippen MR) is 168 cm³/mol. The van der Waals surface area contributed by atoms with E-state index < -0.39 is 23.5 Å². The zero-order valence-corrected chi connectivity index (χ0v) is 26.5. The van der Waals surface area contributed by atoms with Crippen molar-refractivity contribution in [2.24, 2.45) is 0 Å². The van der Waals surface area contributed by atoms with Crippen molar-refractivity contribution in [1.29, 1.82) is 0 Å². The molecule has 43 heavy (non-hydrogen) atoms. The summed E-state index contributed by atoms with van der Waals surface area (Å²) >= 11 is 3.81. The molecule has 1 unspecified atom stereocenters. The van der Waals surface area contributed by atoms with Crippen LogP contribution in [0, 0.1) is 19.7 Å². The number of benzene rings is 2. The van der Waals surface area contributed by atoms with Crippen molar-refractivity contribution >= 4 is 51.3 Å². The van der Waals surface area contributed by atoms with E-state index in [1.165, 1.54) is 51.5 Å². The Balaban J connectivity index is 1.43. The van der Waals surface area contributed by atoms with Gasteiger partial charge in [-0.05, 0) is 55.7 Å². The van der Waals surface area contributed by atoms with Gasteiger partial charge in [-0.25, -0.2) is 9.37 Å². The van der Waals surface area contributed by atoms with Gasteiger partial charge in [-0.1, -0.05) is 73.6 Å². The summed E-state index contributed by atoms with van der Waals surface area (Å²) in [4.78, 5) is 33.5. The Hall–Kier alpha value is -3.61. The third-order valence-corrected chi connectivity index (χ3v) is 10.1. The first-order chi connectivity index (χ1) is 20.8. The van der Waals surface area contributed by atoms with E-state index in [1.54, 1.807) is 50.2 Å². The number of aliphatic hydroxyl groups excluding tert-OH is 1. The number of amides is 1. The molecule has 2 aromatic heterocycles. The number of Topliss-reactive ketones (excluding diaryl/α,β-unsaturated/α-hetero) is 1. The van der Waals surface area contributed by atoms with Crippen LogP contribution in [0.4, 0.5) is 9.52 Å². The van der Waals surface area contributed by atoms with Crippen molar-refractivity contribution in [2.75, 3.05) is 11.5 Å². The number of thioether (sulfide) groups is 1. The van der Waals surface area contributed by atoms with Crippen LogP contribution in [0.25, 0.3) is 0 Å². The molecule has 0 aliphatic carbocycles. The lowest BCUT2D eigenvalue weighted by Gasteiger charge is -2.24. The van der Waals surface area contributed by atoms with E-state index in [0.717, 1.165) is 31.2 Å². The second-order valence-electron chi connectivity index (χ2n) is 10.1. The van der Waals surface area contributed by atoms with Crippen molar-refractivity contribution in [1.82, 2.24) is 15.2 Å². The van der Waals surface area contributed by atoms with Gasteiger partial charge in [-0.2, -0.15) is 0 Å². The molecule has 4 aromatic rings. The lowest BCUT2D eigenvalue weighted by atomic mass is 9.95. The van der Waals surface area contributed by atoms with Gasteiger partial charge in [-0.3, -0.25) is 14.5 Å². The van der Waals surface area contributed by atoms with Crippen molar-refractivity contribution in [3.05, 3.63) is 92.4 Å². The summed E-state index contributed by atoms with van der Waals surface area (Å²) in [6, 6.07) is 12.5. The number of hydrogen-bond acceptors (Lipinski definition) is 10. The molecular weight excluding hydrogens is 608 g/mol. The Bertz CT molecular complexity index is 1630. The van der Waals surface area contributed by atoms with Crippen LogP contribution in [0.5, 0.6) is 5.75 Å². The summed E-state index contributed by atoms with van der Waals surface area (Å²) in [5.41, 5.74) is 2.04. The van der Waals surface area contributed by atoms with Crippen LogP contribution in [0.2, 0.25) is 0 Å². The molecular formula is C31H31FN4O4S3. The first-order valence-electron chi connectivity index (χ1n) is 14.0. The molecule has 0 bridgehead atoms. The van der Waals surface area contributed by atoms with Crippen LogP contribution in [-0.4, -0.2) is 38.6 Å². The molecule has 0 fully saturated rings. The Labute approximate surface area is 261 Å². The lowest BCUT2D eigenvalue weighted by molar-refractivity contribution is -0.117. The molecule has 0 spiro atoms.